The summed E-state index contributed by atoms with van der Waals surface area (Å²) in [6, 6.07) is 13.7. The lowest BCUT2D eigenvalue weighted by atomic mass is 10.1. The summed E-state index contributed by atoms with van der Waals surface area (Å²) in [7, 11) is 0. The Hall–Kier alpha value is -1.74. The van der Waals surface area contributed by atoms with Crippen molar-refractivity contribution in [2.75, 3.05) is 0 Å². The van der Waals surface area contributed by atoms with E-state index in [2.05, 4.69) is 15.9 Å². The van der Waals surface area contributed by atoms with Crippen molar-refractivity contribution in [3.05, 3.63) is 76.0 Å². The average molecular weight is 305 g/mol. The van der Waals surface area contributed by atoms with Gasteiger partial charge in [0.1, 0.15) is 5.82 Å². The van der Waals surface area contributed by atoms with Gasteiger partial charge in [0.05, 0.1) is 5.56 Å². The standard InChI is InChI=1S/C15H10BrFO/c16-12-7-8-14(17)13(10-12)15(18)9-6-11-4-2-1-3-5-11/h1-10H/b9-6+. The first kappa shape index (κ1) is 12.7. The van der Waals surface area contributed by atoms with E-state index in [-0.39, 0.29) is 11.3 Å². The first-order valence-electron chi connectivity index (χ1n) is 5.39. The maximum Gasteiger partial charge on any atom is 0.188 e. The van der Waals surface area contributed by atoms with Crippen molar-refractivity contribution in [2.24, 2.45) is 0 Å². The van der Waals surface area contributed by atoms with Crippen LogP contribution in [0.1, 0.15) is 15.9 Å². The minimum absolute atomic E-state index is 0.0663. The highest BCUT2D eigenvalue weighted by atomic mass is 79.9. The van der Waals surface area contributed by atoms with Gasteiger partial charge in [0.2, 0.25) is 0 Å². The number of rotatable bonds is 3. The number of hydrogen-bond donors (Lipinski definition) is 0. The maximum absolute atomic E-state index is 13.5. The summed E-state index contributed by atoms with van der Waals surface area (Å²) < 4.78 is 14.2. The molecule has 2 aromatic rings. The summed E-state index contributed by atoms with van der Waals surface area (Å²) in [6.45, 7) is 0. The van der Waals surface area contributed by atoms with Gasteiger partial charge in [-0.3, -0.25) is 4.79 Å². The highest BCUT2D eigenvalue weighted by Crippen LogP contribution is 2.16. The highest BCUT2D eigenvalue weighted by Gasteiger charge is 2.08. The Bertz CT molecular complexity index is 591. The predicted octanol–water partition coefficient (Wildman–Crippen LogP) is 4.48. The number of halogens is 2. The van der Waals surface area contributed by atoms with Crippen LogP contribution in [-0.2, 0) is 0 Å². The van der Waals surface area contributed by atoms with Crippen molar-refractivity contribution in [1.29, 1.82) is 0 Å². The number of carbonyl (C=O) groups is 1. The van der Waals surface area contributed by atoms with Crippen LogP contribution in [0, 0.1) is 5.82 Å². The fraction of sp³-hybridized carbons (Fsp3) is 0. The van der Waals surface area contributed by atoms with E-state index >= 15 is 0 Å². The van der Waals surface area contributed by atoms with E-state index in [0.29, 0.717) is 4.47 Å². The van der Waals surface area contributed by atoms with E-state index < -0.39 is 5.82 Å². The number of hydrogen-bond acceptors (Lipinski definition) is 1. The monoisotopic (exact) mass is 304 g/mol. The smallest absolute Gasteiger partial charge is 0.188 e. The lowest BCUT2D eigenvalue weighted by molar-refractivity contribution is 0.104. The lowest BCUT2D eigenvalue weighted by Crippen LogP contribution is -1.98. The maximum atomic E-state index is 13.5. The van der Waals surface area contributed by atoms with Crippen LogP contribution in [-0.4, -0.2) is 5.78 Å². The van der Waals surface area contributed by atoms with Gasteiger partial charge in [0, 0.05) is 4.47 Å². The molecule has 0 saturated heterocycles. The van der Waals surface area contributed by atoms with Crippen molar-refractivity contribution in [1.82, 2.24) is 0 Å². The van der Waals surface area contributed by atoms with Crippen molar-refractivity contribution in [3.8, 4) is 0 Å². The van der Waals surface area contributed by atoms with Crippen LogP contribution in [0.2, 0.25) is 0 Å². The van der Waals surface area contributed by atoms with Crippen LogP contribution >= 0.6 is 15.9 Å². The summed E-state index contributed by atoms with van der Waals surface area (Å²) in [5.74, 6) is -0.862. The van der Waals surface area contributed by atoms with Gasteiger partial charge in [-0.15, -0.1) is 0 Å². The quantitative estimate of drug-likeness (QED) is 0.603. The molecule has 90 valence electrons. The normalized spacial score (nSPS) is 10.8. The highest BCUT2D eigenvalue weighted by molar-refractivity contribution is 9.10. The second kappa shape index (κ2) is 5.74. The first-order chi connectivity index (χ1) is 8.66. The minimum Gasteiger partial charge on any atom is -0.289 e. The second-order valence-electron chi connectivity index (χ2n) is 3.73. The molecule has 0 N–H and O–H groups in total. The third-order valence-electron chi connectivity index (χ3n) is 2.42. The molecule has 0 unspecified atom stereocenters. The van der Waals surface area contributed by atoms with Crippen LogP contribution in [0.15, 0.2) is 59.1 Å². The zero-order valence-electron chi connectivity index (χ0n) is 9.44. The topological polar surface area (TPSA) is 17.1 Å². The molecule has 1 nitrogen and oxygen atoms in total. The number of allylic oxidation sites excluding steroid dienone is 1. The number of ketones is 1. The van der Waals surface area contributed by atoms with E-state index in [9.17, 15) is 9.18 Å². The van der Waals surface area contributed by atoms with Crippen LogP contribution in [0.25, 0.3) is 6.08 Å². The number of benzene rings is 2. The molecule has 18 heavy (non-hydrogen) atoms. The fourth-order valence-electron chi connectivity index (χ4n) is 1.51. The third kappa shape index (κ3) is 3.14. The van der Waals surface area contributed by atoms with Gasteiger partial charge in [-0.1, -0.05) is 52.3 Å². The zero-order valence-corrected chi connectivity index (χ0v) is 11.0. The van der Waals surface area contributed by atoms with Gasteiger partial charge < -0.3 is 0 Å². The largest absolute Gasteiger partial charge is 0.289 e. The Labute approximate surface area is 113 Å². The molecule has 0 aliphatic heterocycles. The van der Waals surface area contributed by atoms with Crippen LogP contribution < -0.4 is 0 Å². The molecule has 0 atom stereocenters. The van der Waals surface area contributed by atoms with Crippen molar-refractivity contribution in [3.63, 3.8) is 0 Å². The minimum atomic E-state index is -0.513. The third-order valence-corrected chi connectivity index (χ3v) is 2.91. The molecule has 2 rings (SSSR count). The lowest BCUT2D eigenvalue weighted by Gasteiger charge is -1.99. The fourth-order valence-corrected chi connectivity index (χ4v) is 1.87. The van der Waals surface area contributed by atoms with Gasteiger partial charge in [-0.25, -0.2) is 4.39 Å². The predicted molar refractivity (Wildman–Crippen MR) is 73.9 cm³/mol. The molecule has 0 radical (unpaired) electrons. The van der Waals surface area contributed by atoms with Gasteiger partial charge in [-0.2, -0.15) is 0 Å². The molecular weight excluding hydrogens is 295 g/mol. The van der Waals surface area contributed by atoms with Crippen LogP contribution in [0.3, 0.4) is 0 Å². The summed E-state index contributed by atoms with van der Waals surface area (Å²) >= 11 is 3.22. The van der Waals surface area contributed by atoms with Crippen molar-refractivity contribution < 1.29 is 9.18 Å². The summed E-state index contributed by atoms with van der Waals surface area (Å²) in [6.07, 6.45) is 3.04. The zero-order chi connectivity index (χ0) is 13.0. The molecule has 3 heteroatoms. The van der Waals surface area contributed by atoms with Gasteiger partial charge >= 0.3 is 0 Å². The van der Waals surface area contributed by atoms with Gasteiger partial charge in [0.15, 0.2) is 5.78 Å². The van der Waals surface area contributed by atoms with E-state index in [1.807, 2.05) is 30.3 Å². The van der Waals surface area contributed by atoms with Crippen LogP contribution in [0.5, 0.6) is 0 Å². The molecule has 0 aliphatic rings. The Morgan fingerprint density at radius 1 is 1.11 bits per heavy atom. The van der Waals surface area contributed by atoms with E-state index in [1.54, 1.807) is 12.1 Å². The Morgan fingerprint density at radius 2 is 1.83 bits per heavy atom. The summed E-state index contributed by atoms with van der Waals surface area (Å²) in [5, 5.41) is 0. The average Bonchev–Trinajstić information content (AvgIpc) is 2.40. The molecule has 0 aromatic heterocycles. The Kier molecular flexibility index (Phi) is 4.05. The SMILES string of the molecule is O=C(/C=C/c1ccccc1)c1cc(Br)ccc1F. The Morgan fingerprint density at radius 3 is 2.56 bits per heavy atom. The summed E-state index contributed by atoms with van der Waals surface area (Å²) in [4.78, 5) is 11.8. The molecule has 0 fully saturated rings. The summed E-state index contributed by atoms with van der Waals surface area (Å²) in [5.41, 5.74) is 0.970. The molecule has 0 bridgehead atoms. The van der Waals surface area contributed by atoms with Crippen LogP contribution in [0.4, 0.5) is 4.39 Å². The first-order valence-corrected chi connectivity index (χ1v) is 6.18. The molecular formula is C15H10BrFO. The molecule has 0 aliphatic carbocycles. The molecule has 0 heterocycles. The van der Waals surface area contributed by atoms with Crippen molar-refractivity contribution in [2.45, 2.75) is 0 Å². The molecule has 0 amide bonds. The molecule has 0 spiro atoms. The second-order valence-corrected chi connectivity index (χ2v) is 4.65. The van der Waals surface area contributed by atoms with Gasteiger partial charge in [0.25, 0.3) is 0 Å². The van der Waals surface area contributed by atoms with E-state index in [1.165, 1.54) is 18.2 Å². The Balaban J connectivity index is 2.22. The molecule has 0 saturated carbocycles. The van der Waals surface area contributed by atoms with E-state index in [4.69, 9.17) is 0 Å². The number of carbonyl (C=O) groups excluding carboxylic acids is 1. The molecule has 2 aromatic carbocycles. The van der Waals surface area contributed by atoms with E-state index in [0.717, 1.165) is 5.56 Å². The van der Waals surface area contributed by atoms with Crippen molar-refractivity contribution >= 4 is 27.8 Å². The van der Waals surface area contributed by atoms with Gasteiger partial charge in [-0.05, 0) is 29.8 Å².